The molecule has 2 heterocycles. The molecule has 0 spiro atoms. The van der Waals surface area contributed by atoms with E-state index in [4.69, 9.17) is 0 Å². The number of aromatic nitrogens is 1. The second kappa shape index (κ2) is 5.22. The van der Waals surface area contributed by atoms with Crippen molar-refractivity contribution in [1.29, 1.82) is 0 Å². The van der Waals surface area contributed by atoms with Gasteiger partial charge in [0.2, 0.25) is 0 Å². The Balaban J connectivity index is 1.71. The largest absolute Gasteiger partial charge is 0.350 e. The normalized spacial score (nSPS) is 24.3. The number of hydrogen-bond donors (Lipinski definition) is 1. The van der Waals surface area contributed by atoms with Crippen molar-refractivity contribution < 1.29 is 4.39 Å². The summed E-state index contributed by atoms with van der Waals surface area (Å²) < 4.78 is 13.8. The van der Waals surface area contributed by atoms with Crippen molar-refractivity contribution in [2.24, 2.45) is 0 Å². The Morgan fingerprint density at radius 3 is 3.00 bits per heavy atom. The van der Waals surface area contributed by atoms with Crippen LogP contribution in [0.1, 0.15) is 32.1 Å². The molecular formula is C14H20FN3. The molecular weight excluding hydrogens is 229 g/mol. The fourth-order valence-electron chi connectivity index (χ4n) is 2.67. The van der Waals surface area contributed by atoms with Gasteiger partial charge in [-0.25, -0.2) is 9.37 Å². The third-order valence-corrected chi connectivity index (χ3v) is 3.86. The van der Waals surface area contributed by atoms with Crippen molar-refractivity contribution in [2.45, 2.75) is 44.2 Å². The summed E-state index contributed by atoms with van der Waals surface area (Å²) in [6.45, 7) is 1.88. The Labute approximate surface area is 107 Å². The zero-order chi connectivity index (χ0) is 12.4. The third kappa shape index (κ3) is 2.64. The SMILES string of the molecule is Fc1cccnc1N1CCCCC1CNC1CC1. The molecule has 3 rings (SSSR count). The van der Waals surface area contributed by atoms with Gasteiger partial charge in [0.05, 0.1) is 0 Å². The lowest BCUT2D eigenvalue weighted by molar-refractivity contribution is 0.425. The van der Waals surface area contributed by atoms with Crippen LogP contribution in [0, 0.1) is 5.82 Å². The molecule has 1 aliphatic carbocycles. The summed E-state index contributed by atoms with van der Waals surface area (Å²) in [4.78, 5) is 6.37. The van der Waals surface area contributed by atoms with Gasteiger partial charge in [0.15, 0.2) is 11.6 Å². The number of anilines is 1. The summed E-state index contributed by atoms with van der Waals surface area (Å²) in [6.07, 6.45) is 7.78. The van der Waals surface area contributed by atoms with Crippen LogP contribution in [-0.2, 0) is 0 Å². The van der Waals surface area contributed by atoms with Crippen LogP contribution in [0.4, 0.5) is 10.2 Å². The van der Waals surface area contributed by atoms with Crippen LogP contribution >= 0.6 is 0 Å². The lowest BCUT2D eigenvalue weighted by atomic mass is 10.0. The van der Waals surface area contributed by atoms with Crippen LogP contribution in [0.25, 0.3) is 0 Å². The molecule has 0 aromatic carbocycles. The van der Waals surface area contributed by atoms with Crippen LogP contribution in [0.3, 0.4) is 0 Å². The van der Waals surface area contributed by atoms with Crippen molar-refractivity contribution in [3.63, 3.8) is 0 Å². The van der Waals surface area contributed by atoms with Gasteiger partial charge in [-0.3, -0.25) is 0 Å². The van der Waals surface area contributed by atoms with E-state index >= 15 is 0 Å². The van der Waals surface area contributed by atoms with E-state index in [-0.39, 0.29) is 5.82 Å². The maximum absolute atomic E-state index is 13.8. The summed E-state index contributed by atoms with van der Waals surface area (Å²) in [5, 5.41) is 3.55. The van der Waals surface area contributed by atoms with E-state index in [1.54, 1.807) is 12.3 Å². The molecule has 0 radical (unpaired) electrons. The average molecular weight is 249 g/mol. The maximum Gasteiger partial charge on any atom is 0.165 e. The molecule has 1 aromatic heterocycles. The Bertz CT molecular complexity index is 406. The first-order valence-corrected chi connectivity index (χ1v) is 6.95. The first-order chi connectivity index (χ1) is 8.84. The molecule has 98 valence electrons. The predicted molar refractivity (Wildman–Crippen MR) is 70.2 cm³/mol. The van der Waals surface area contributed by atoms with Gasteiger partial charge in [0.1, 0.15) is 0 Å². The van der Waals surface area contributed by atoms with Gasteiger partial charge >= 0.3 is 0 Å². The zero-order valence-electron chi connectivity index (χ0n) is 10.6. The maximum atomic E-state index is 13.8. The number of nitrogens with zero attached hydrogens (tertiary/aromatic N) is 2. The summed E-state index contributed by atoms with van der Waals surface area (Å²) in [7, 11) is 0. The summed E-state index contributed by atoms with van der Waals surface area (Å²) in [5.74, 6) is 0.329. The molecule has 1 unspecified atom stereocenters. The Kier molecular flexibility index (Phi) is 3.46. The molecule has 0 amide bonds. The van der Waals surface area contributed by atoms with Gasteiger partial charge in [0, 0.05) is 31.4 Å². The fraction of sp³-hybridized carbons (Fsp3) is 0.643. The number of halogens is 1. The average Bonchev–Trinajstić information content (AvgIpc) is 3.22. The van der Waals surface area contributed by atoms with Crippen molar-refractivity contribution in [3.05, 3.63) is 24.1 Å². The van der Waals surface area contributed by atoms with Crippen molar-refractivity contribution in [1.82, 2.24) is 10.3 Å². The van der Waals surface area contributed by atoms with E-state index in [0.29, 0.717) is 17.9 Å². The van der Waals surface area contributed by atoms with Crippen molar-refractivity contribution in [2.75, 3.05) is 18.0 Å². The minimum Gasteiger partial charge on any atom is -0.350 e. The Morgan fingerprint density at radius 1 is 1.33 bits per heavy atom. The van der Waals surface area contributed by atoms with Gasteiger partial charge < -0.3 is 10.2 Å². The second-order valence-corrected chi connectivity index (χ2v) is 5.33. The van der Waals surface area contributed by atoms with E-state index in [1.807, 2.05) is 0 Å². The standard InChI is InChI=1S/C14H20FN3/c15-13-5-3-8-16-14(13)18-9-2-1-4-12(18)10-17-11-6-7-11/h3,5,8,11-12,17H,1-2,4,6-7,9-10H2. The molecule has 1 saturated heterocycles. The van der Waals surface area contributed by atoms with Crippen LogP contribution in [0.5, 0.6) is 0 Å². The first kappa shape index (κ1) is 11.9. The molecule has 4 heteroatoms. The van der Waals surface area contributed by atoms with Gasteiger partial charge in [0.25, 0.3) is 0 Å². The topological polar surface area (TPSA) is 28.2 Å². The minimum atomic E-state index is -0.198. The van der Waals surface area contributed by atoms with E-state index in [1.165, 1.54) is 25.3 Å². The molecule has 1 saturated carbocycles. The lowest BCUT2D eigenvalue weighted by Crippen LogP contribution is -2.46. The number of hydrogen-bond acceptors (Lipinski definition) is 3. The lowest BCUT2D eigenvalue weighted by Gasteiger charge is -2.37. The smallest absolute Gasteiger partial charge is 0.165 e. The van der Waals surface area contributed by atoms with Crippen molar-refractivity contribution >= 4 is 5.82 Å². The van der Waals surface area contributed by atoms with E-state index in [9.17, 15) is 4.39 Å². The number of piperidine rings is 1. The minimum absolute atomic E-state index is 0.198. The predicted octanol–water partition coefficient (Wildman–Crippen LogP) is 2.33. The molecule has 1 atom stereocenters. The Hall–Kier alpha value is -1.16. The van der Waals surface area contributed by atoms with E-state index in [0.717, 1.165) is 25.9 Å². The molecule has 1 aliphatic heterocycles. The van der Waals surface area contributed by atoms with Gasteiger partial charge in [-0.2, -0.15) is 0 Å². The van der Waals surface area contributed by atoms with Crippen LogP contribution < -0.4 is 10.2 Å². The second-order valence-electron chi connectivity index (χ2n) is 5.33. The monoisotopic (exact) mass is 249 g/mol. The summed E-state index contributed by atoms with van der Waals surface area (Å²) >= 11 is 0. The fourth-order valence-corrected chi connectivity index (χ4v) is 2.67. The molecule has 1 aromatic rings. The highest BCUT2D eigenvalue weighted by molar-refractivity contribution is 5.41. The van der Waals surface area contributed by atoms with Crippen LogP contribution in [0.2, 0.25) is 0 Å². The number of pyridine rings is 1. The number of nitrogens with one attached hydrogen (secondary N) is 1. The molecule has 2 aliphatic rings. The molecule has 1 N–H and O–H groups in total. The zero-order valence-corrected chi connectivity index (χ0v) is 10.6. The summed E-state index contributed by atoms with van der Waals surface area (Å²) in [5.41, 5.74) is 0. The highest BCUT2D eigenvalue weighted by atomic mass is 19.1. The first-order valence-electron chi connectivity index (χ1n) is 6.95. The molecule has 18 heavy (non-hydrogen) atoms. The van der Waals surface area contributed by atoms with Gasteiger partial charge in [-0.15, -0.1) is 0 Å². The van der Waals surface area contributed by atoms with E-state index in [2.05, 4.69) is 15.2 Å². The van der Waals surface area contributed by atoms with Gasteiger partial charge in [-0.05, 0) is 44.2 Å². The van der Waals surface area contributed by atoms with Crippen LogP contribution in [0.15, 0.2) is 18.3 Å². The summed E-state index contributed by atoms with van der Waals surface area (Å²) in [6, 6.07) is 4.26. The van der Waals surface area contributed by atoms with Gasteiger partial charge in [-0.1, -0.05) is 0 Å². The van der Waals surface area contributed by atoms with Crippen LogP contribution in [-0.4, -0.2) is 30.2 Å². The Morgan fingerprint density at radius 2 is 2.22 bits per heavy atom. The number of rotatable bonds is 4. The quantitative estimate of drug-likeness (QED) is 0.887. The van der Waals surface area contributed by atoms with E-state index < -0.39 is 0 Å². The highest BCUT2D eigenvalue weighted by Crippen LogP contribution is 2.26. The molecule has 3 nitrogen and oxygen atoms in total. The third-order valence-electron chi connectivity index (χ3n) is 3.86. The van der Waals surface area contributed by atoms with Crippen molar-refractivity contribution in [3.8, 4) is 0 Å². The molecule has 0 bridgehead atoms. The molecule has 2 fully saturated rings. The highest BCUT2D eigenvalue weighted by Gasteiger charge is 2.28.